The first-order valence-electron chi connectivity index (χ1n) is 5.29. The lowest BCUT2D eigenvalue weighted by atomic mass is 10.1. The maximum atomic E-state index is 12.1. The molecule has 0 atom stereocenters. The van der Waals surface area contributed by atoms with Crippen LogP contribution in [0.3, 0.4) is 0 Å². The molecule has 2 aromatic rings. The molecule has 0 saturated carbocycles. The molecule has 2 rings (SSSR count). The van der Waals surface area contributed by atoms with Gasteiger partial charge in [-0.1, -0.05) is 40.9 Å². The van der Waals surface area contributed by atoms with Crippen molar-refractivity contribution in [3.05, 3.63) is 57.0 Å². The van der Waals surface area contributed by atoms with Crippen LogP contribution >= 0.6 is 34.8 Å². The number of hydrogen-bond donors (Lipinski definition) is 2. The molecule has 0 bridgehead atoms. The zero-order valence-electron chi connectivity index (χ0n) is 9.58. The average Bonchev–Trinajstić information content (AvgIpc) is 2.37. The highest BCUT2D eigenvalue weighted by atomic mass is 35.5. The lowest BCUT2D eigenvalue weighted by molar-refractivity contribution is 0.102. The Morgan fingerprint density at radius 1 is 1.05 bits per heavy atom. The number of benzene rings is 2. The second-order valence-electron chi connectivity index (χ2n) is 3.78. The van der Waals surface area contributed by atoms with Crippen LogP contribution in [-0.4, -0.2) is 5.91 Å². The fraction of sp³-hybridized carbons (Fsp3) is 0. The Morgan fingerprint density at radius 2 is 1.68 bits per heavy atom. The van der Waals surface area contributed by atoms with Gasteiger partial charge in [0.15, 0.2) is 0 Å². The molecule has 0 unspecified atom stereocenters. The molecule has 0 aliphatic heterocycles. The van der Waals surface area contributed by atoms with Gasteiger partial charge < -0.3 is 11.1 Å². The van der Waals surface area contributed by atoms with Crippen molar-refractivity contribution < 1.29 is 4.79 Å². The number of nitrogen functional groups attached to an aromatic ring is 1. The Balaban J connectivity index is 2.34. The zero-order chi connectivity index (χ0) is 14.0. The molecular weight excluding hydrogens is 307 g/mol. The molecule has 19 heavy (non-hydrogen) atoms. The third-order valence-electron chi connectivity index (χ3n) is 2.46. The van der Waals surface area contributed by atoms with E-state index in [1.54, 1.807) is 30.3 Å². The number of carbonyl (C=O) groups is 1. The van der Waals surface area contributed by atoms with Crippen molar-refractivity contribution in [2.45, 2.75) is 0 Å². The quantitative estimate of drug-likeness (QED) is 0.803. The minimum atomic E-state index is -0.421. The summed E-state index contributed by atoms with van der Waals surface area (Å²) in [5.74, 6) is -0.421. The highest BCUT2D eigenvalue weighted by Gasteiger charge is 2.14. The monoisotopic (exact) mass is 314 g/mol. The van der Waals surface area contributed by atoms with Crippen LogP contribution in [0, 0.1) is 0 Å². The Hall–Kier alpha value is -1.42. The van der Waals surface area contributed by atoms with E-state index >= 15 is 0 Å². The van der Waals surface area contributed by atoms with Gasteiger partial charge in [-0.3, -0.25) is 4.79 Å². The minimum Gasteiger partial charge on any atom is -0.398 e. The third-order valence-corrected chi connectivity index (χ3v) is 3.33. The van der Waals surface area contributed by atoms with Gasteiger partial charge in [-0.25, -0.2) is 0 Å². The normalized spacial score (nSPS) is 10.3. The van der Waals surface area contributed by atoms with E-state index in [1.807, 2.05) is 0 Å². The van der Waals surface area contributed by atoms with Crippen LogP contribution in [0.5, 0.6) is 0 Å². The van der Waals surface area contributed by atoms with Crippen LogP contribution < -0.4 is 11.1 Å². The molecule has 3 nitrogen and oxygen atoms in total. The molecule has 0 radical (unpaired) electrons. The molecular formula is C13H9Cl3N2O. The van der Waals surface area contributed by atoms with E-state index in [0.717, 1.165) is 0 Å². The highest BCUT2D eigenvalue weighted by molar-refractivity contribution is 6.40. The van der Waals surface area contributed by atoms with E-state index in [0.29, 0.717) is 26.4 Å². The maximum Gasteiger partial charge on any atom is 0.257 e. The second-order valence-corrected chi connectivity index (χ2v) is 5.03. The van der Waals surface area contributed by atoms with Crippen LogP contribution in [0.15, 0.2) is 36.4 Å². The van der Waals surface area contributed by atoms with Crippen LogP contribution in [0.4, 0.5) is 11.4 Å². The van der Waals surface area contributed by atoms with Crippen molar-refractivity contribution in [2.75, 3.05) is 11.1 Å². The van der Waals surface area contributed by atoms with Gasteiger partial charge in [0.2, 0.25) is 0 Å². The summed E-state index contributed by atoms with van der Waals surface area (Å²) in [7, 11) is 0. The lowest BCUT2D eigenvalue weighted by Gasteiger charge is -2.10. The van der Waals surface area contributed by atoms with E-state index < -0.39 is 5.91 Å². The zero-order valence-corrected chi connectivity index (χ0v) is 11.9. The number of nitrogens with two attached hydrogens (primary N) is 1. The summed E-state index contributed by atoms with van der Waals surface area (Å²) in [6.07, 6.45) is 0. The topological polar surface area (TPSA) is 55.1 Å². The standard InChI is InChI=1S/C13H9Cl3N2O/c14-7-4-5-11(17)8(6-7)13(19)18-12-9(15)2-1-3-10(12)16/h1-6H,17H2,(H,18,19). The van der Waals surface area contributed by atoms with Crippen molar-refractivity contribution >= 4 is 52.1 Å². The highest BCUT2D eigenvalue weighted by Crippen LogP contribution is 2.30. The summed E-state index contributed by atoms with van der Waals surface area (Å²) in [4.78, 5) is 12.1. The third kappa shape index (κ3) is 3.13. The SMILES string of the molecule is Nc1ccc(Cl)cc1C(=O)Nc1c(Cl)cccc1Cl. The Kier molecular flexibility index (Phi) is 4.20. The number of amides is 1. The van der Waals surface area contributed by atoms with Gasteiger partial charge in [-0.2, -0.15) is 0 Å². The number of halogens is 3. The Labute approximate surface area is 125 Å². The summed E-state index contributed by atoms with van der Waals surface area (Å²) in [6.45, 7) is 0. The largest absolute Gasteiger partial charge is 0.398 e. The van der Waals surface area contributed by atoms with Gasteiger partial charge in [0.25, 0.3) is 5.91 Å². The molecule has 0 saturated heterocycles. The molecule has 0 aliphatic carbocycles. The number of carbonyl (C=O) groups excluding carboxylic acids is 1. The van der Waals surface area contributed by atoms with Gasteiger partial charge in [-0.15, -0.1) is 0 Å². The van der Waals surface area contributed by atoms with Crippen molar-refractivity contribution in [3.8, 4) is 0 Å². The van der Waals surface area contributed by atoms with Gasteiger partial charge in [0, 0.05) is 10.7 Å². The fourth-order valence-corrected chi connectivity index (χ4v) is 2.19. The van der Waals surface area contributed by atoms with Gasteiger partial charge in [0.1, 0.15) is 0 Å². The van der Waals surface area contributed by atoms with Crippen LogP contribution in [-0.2, 0) is 0 Å². The van der Waals surface area contributed by atoms with Crippen molar-refractivity contribution in [3.63, 3.8) is 0 Å². The summed E-state index contributed by atoms with van der Waals surface area (Å²) in [5, 5.41) is 3.74. The van der Waals surface area contributed by atoms with E-state index in [-0.39, 0.29) is 5.56 Å². The molecule has 1 amide bonds. The summed E-state index contributed by atoms with van der Waals surface area (Å²) < 4.78 is 0. The predicted molar refractivity (Wildman–Crippen MR) is 80.3 cm³/mol. The Bertz CT molecular complexity index is 624. The summed E-state index contributed by atoms with van der Waals surface area (Å²) >= 11 is 17.8. The minimum absolute atomic E-state index is 0.267. The number of nitrogens with one attached hydrogen (secondary N) is 1. The number of para-hydroxylation sites is 1. The molecule has 2 aromatic carbocycles. The van der Waals surface area contributed by atoms with Crippen LogP contribution in [0.2, 0.25) is 15.1 Å². The van der Waals surface area contributed by atoms with Crippen LogP contribution in [0.25, 0.3) is 0 Å². The molecule has 98 valence electrons. The number of rotatable bonds is 2. The predicted octanol–water partition coefficient (Wildman–Crippen LogP) is 4.48. The first-order chi connectivity index (χ1) is 8.99. The summed E-state index contributed by atoms with van der Waals surface area (Å²) in [5.41, 5.74) is 6.67. The first kappa shape index (κ1) is 14.0. The average molecular weight is 316 g/mol. The number of anilines is 2. The van der Waals surface area contributed by atoms with E-state index in [2.05, 4.69) is 5.32 Å². The smallest absolute Gasteiger partial charge is 0.257 e. The molecule has 3 N–H and O–H groups in total. The Morgan fingerprint density at radius 3 is 2.32 bits per heavy atom. The van der Waals surface area contributed by atoms with E-state index in [1.165, 1.54) is 6.07 Å². The molecule has 0 heterocycles. The molecule has 0 aliphatic rings. The van der Waals surface area contributed by atoms with Gasteiger partial charge >= 0.3 is 0 Å². The van der Waals surface area contributed by atoms with Crippen molar-refractivity contribution in [1.29, 1.82) is 0 Å². The first-order valence-corrected chi connectivity index (χ1v) is 6.43. The second kappa shape index (κ2) is 5.70. The maximum absolute atomic E-state index is 12.1. The molecule has 0 fully saturated rings. The van der Waals surface area contributed by atoms with Crippen molar-refractivity contribution in [1.82, 2.24) is 0 Å². The van der Waals surface area contributed by atoms with Gasteiger partial charge in [-0.05, 0) is 30.3 Å². The molecule has 0 aromatic heterocycles. The van der Waals surface area contributed by atoms with Crippen molar-refractivity contribution in [2.24, 2.45) is 0 Å². The van der Waals surface area contributed by atoms with E-state index in [4.69, 9.17) is 40.5 Å². The van der Waals surface area contributed by atoms with Crippen LogP contribution in [0.1, 0.15) is 10.4 Å². The van der Waals surface area contributed by atoms with E-state index in [9.17, 15) is 4.79 Å². The number of hydrogen-bond acceptors (Lipinski definition) is 2. The lowest BCUT2D eigenvalue weighted by Crippen LogP contribution is -2.14. The molecule has 0 spiro atoms. The molecule has 6 heteroatoms. The fourth-order valence-electron chi connectivity index (χ4n) is 1.52. The van der Waals surface area contributed by atoms with Gasteiger partial charge in [0.05, 0.1) is 21.3 Å². The summed E-state index contributed by atoms with van der Waals surface area (Å²) in [6, 6.07) is 9.60.